The van der Waals surface area contributed by atoms with Gasteiger partial charge in [0.2, 0.25) is 11.8 Å². The molecule has 1 spiro atoms. The highest BCUT2D eigenvalue weighted by atomic mass is 32.2. The van der Waals surface area contributed by atoms with Gasteiger partial charge in [-0.1, -0.05) is 40.0 Å². The van der Waals surface area contributed by atoms with Crippen LogP contribution in [-0.4, -0.2) is 79.4 Å². The number of aryl methyl sites for hydroxylation is 1. The van der Waals surface area contributed by atoms with Crippen LogP contribution in [0.15, 0.2) is 0 Å². The molecule has 0 aromatic carbocycles. The van der Waals surface area contributed by atoms with Crippen molar-refractivity contribution in [3.63, 3.8) is 0 Å². The van der Waals surface area contributed by atoms with E-state index < -0.39 is 35.4 Å². The molecule has 1 aliphatic carbocycles. The Morgan fingerprint density at radius 2 is 1.58 bits per heavy atom. The first-order valence-corrected chi connectivity index (χ1v) is 17.5. The number of rotatable bonds is 8. The standard InChI is InChI=1S/C32H48N4O5S2/c1-18-19(2)33-26(24(18)21(4)38)29(40)34-25(22-12-9-8-10-13-22)28(39)35-27(31(5,6)7)30(41)36-17-32(16-23(36)20(3)37)42-14-11-15-43-32/h22-23,25,27,33H,8-17H2,1-7H3,(H,34,40)(H,35,39)/t23-,25-,27+/m0/s1. The van der Waals surface area contributed by atoms with E-state index in [1.807, 2.05) is 51.2 Å². The summed E-state index contributed by atoms with van der Waals surface area (Å²) in [5.74, 6) is 0.486. The van der Waals surface area contributed by atoms with Gasteiger partial charge in [0.15, 0.2) is 11.6 Å². The van der Waals surface area contributed by atoms with Gasteiger partial charge >= 0.3 is 0 Å². The van der Waals surface area contributed by atoms with E-state index in [2.05, 4.69) is 15.6 Å². The first kappa shape index (κ1) is 33.6. The van der Waals surface area contributed by atoms with E-state index in [1.54, 1.807) is 18.7 Å². The summed E-state index contributed by atoms with van der Waals surface area (Å²) < 4.78 is -0.198. The summed E-state index contributed by atoms with van der Waals surface area (Å²) in [6, 6.07) is -2.28. The fourth-order valence-electron chi connectivity index (χ4n) is 6.71. The second-order valence-corrected chi connectivity index (χ2v) is 16.8. The minimum atomic E-state index is -0.888. The predicted molar refractivity (Wildman–Crippen MR) is 173 cm³/mol. The van der Waals surface area contributed by atoms with Crippen LogP contribution in [0, 0.1) is 25.2 Å². The lowest BCUT2D eigenvalue weighted by atomic mass is 9.82. The number of aromatic nitrogens is 1. The highest BCUT2D eigenvalue weighted by molar-refractivity contribution is 8.18. The minimum Gasteiger partial charge on any atom is -0.354 e. The molecule has 3 N–H and O–H groups in total. The van der Waals surface area contributed by atoms with Gasteiger partial charge in [-0.2, -0.15) is 0 Å². The summed E-state index contributed by atoms with van der Waals surface area (Å²) in [6.07, 6.45) is 6.27. The maximum Gasteiger partial charge on any atom is 0.269 e. The van der Waals surface area contributed by atoms with E-state index in [0.29, 0.717) is 24.1 Å². The topological polar surface area (TPSA) is 128 Å². The number of ketones is 2. The molecule has 2 saturated heterocycles. The lowest BCUT2D eigenvalue weighted by Crippen LogP contribution is -2.61. The summed E-state index contributed by atoms with van der Waals surface area (Å²) in [7, 11) is 0. The van der Waals surface area contributed by atoms with E-state index in [0.717, 1.165) is 55.7 Å². The van der Waals surface area contributed by atoms with E-state index >= 15 is 0 Å². The van der Waals surface area contributed by atoms with Crippen molar-refractivity contribution in [2.45, 2.75) is 116 Å². The largest absolute Gasteiger partial charge is 0.354 e. The Morgan fingerprint density at radius 1 is 0.953 bits per heavy atom. The van der Waals surface area contributed by atoms with Crippen molar-refractivity contribution in [2.75, 3.05) is 18.1 Å². The third kappa shape index (κ3) is 7.35. The van der Waals surface area contributed by atoms with Gasteiger partial charge in [0, 0.05) is 18.7 Å². The number of aromatic amines is 1. The lowest BCUT2D eigenvalue weighted by molar-refractivity contribution is -0.143. The van der Waals surface area contributed by atoms with Crippen molar-refractivity contribution < 1.29 is 24.0 Å². The minimum absolute atomic E-state index is 0.0406. The Morgan fingerprint density at radius 3 is 2.14 bits per heavy atom. The van der Waals surface area contributed by atoms with Gasteiger partial charge in [0.1, 0.15) is 17.8 Å². The van der Waals surface area contributed by atoms with E-state index in [9.17, 15) is 24.0 Å². The van der Waals surface area contributed by atoms with Crippen LogP contribution in [0.3, 0.4) is 0 Å². The number of nitrogens with one attached hydrogen (secondary N) is 3. The number of thioether (sulfide) groups is 2. The Kier molecular flexibility index (Phi) is 10.5. The summed E-state index contributed by atoms with van der Waals surface area (Å²) >= 11 is 3.68. The van der Waals surface area contributed by atoms with Gasteiger partial charge < -0.3 is 20.5 Å². The van der Waals surface area contributed by atoms with Crippen molar-refractivity contribution >= 4 is 52.8 Å². The molecule has 0 radical (unpaired) electrons. The quantitative estimate of drug-likeness (QED) is 0.351. The molecular weight excluding hydrogens is 585 g/mol. The molecule has 9 nitrogen and oxygen atoms in total. The molecule has 3 atom stereocenters. The molecule has 1 aromatic heterocycles. The molecule has 3 aliphatic rings. The van der Waals surface area contributed by atoms with E-state index in [4.69, 9.17) is 0 Å². The second kappa shape index (κ2) is 13.4. The second-order valence-electron chi connectivity index (χ2n) is 13.6. The summed E-state index contributed by atoms with van der Waals surface area (Å²) in [5, 5.41) is 6.00. The number of nitrogens with zero attached hydrogens (tertiary/aromatic N) is 1. The third-order valence-corrected chi connectivity index (χ3v) is 12.6. The van der Waals surface area contributed by atoms with Crippen LogP contribution in [0.1, 0.15) is 112 Å². The molecule has 11 heteroatoms. The number of carbonyl (C=O) groups excluding carboxylic acids is 5. The lowest BCUT2D eigenvalue weighted by Gasteiger charge is -2.38. The zero-order chi connectivity index (χ0) is 31.7. The third-order valence-electron chi connectivity index (χ3n) is 9.23. The molecule has 3 fully saturated rings. The maximum atomic E-state index is 14.3. The molecular formula is C32H48N4O5S2. The summed E-state index contributed by atoms with van der Waals surface area (Å²) in [6.45, 7) is 12.8. The molecule has 1 saturated carbocycles. The van der Waals surface area contributed by atoms with Crippen LogP contribution in [0.5, 0.6) is 0 Å². The van der Waals surface area contributed by atoms with Crippen molar-refractivity contribution in [1.82, 2.24) is 20.5 Å². The van der Waals surface area contributed by atoms with Crippen LogP contribution in [0.4, 0.5) is 0 Å². The number of Topliss-reactive ketones (excluding diaryl/α,β-unsaturated/α-hetero) is 2. The number of likely N-dealkylation sites (tertiary alicyclic amines) is 1. The van der Waals surface area contributed by atoms with Crippen LogP contribution in [0.25, 0.3) is 0 Å². The van der Waals surface area contributed by atoms with Gasteiger partial charge in [-0.15, -0.1) is 23.5 Å². The Balaban J connectivity index is 1.61. The van der Waals surface area contributed by atoms with Crippen LogP contribution in [0.2, 0.25) is 0 Å². The fourth-order valence-corrected chi connectivity index (χ4v) is 10.1. The SMILES string of the molecule is CC(=O)c1c(C(=O)N[C@H](C(=O)N[C@H](C(=O)N2CC3(C[C@H]2C(C)=O)SCCCS3)C(C)(C)C)C2CCCCC2)[nH]c(C)c1C. The number of carbonyl (C=O) groups is 5. The Labute approximate surface area is 264 Å². The molecule has 4 rings (SSSR count). The van der Waals surface area contributed by atoms with E-state index in [-0.39, 0.29) is 33.2 Å². The van der Waals surface area contributed by atoms with Gasteiger partial charge in [-0.05, 0) is 75.4 Å². The van der Waals surface area contributed by atoms with Crippen molar-refractivity contribution in [1.29, 1.82) is 0 Å². The Bertz CT molecular complexity index is 1260. The average molecular weight is 633 g/mol. The van der Waals surface area contributed by atoms with Gasteiger partial charge in [-0.25, -0.2) is 0 Å². The van der Waals surface area contributed by atoms with Gasteiger partial charge in [0.05, 0.1) is 15.7 Å². The average Bonchev–Trinajstić information content (AvgIpc) is 3.47. The normalized spacial score (nSPS) is 22.2. The van der Waals surface area contributed by atoms with Crippen LogP contribution in [-0.2, 0) is 14.4 Å². The molecule has 0 unspecified atom stereocenters. The number of hydrogen-bond donors (Lipinski definition) is 3. The van der Waals surface area contributed by atoms with E-state index in [1.165, 1.54) is 6.92 Å². The van der Waals surface area contributed by atoms with Crippen LogP contribution >= 0.6 is 23.5 Å². The zero-order valence-electron chi connectivity index (χ0n) is 26.7. The molecule has 1 aromatic rings. The summed E-state index contributed by atoms with van der Waals surface area (Å²) in [4.78, 5) is 72.0. The monoisotopic (exact) mass is 632 g/mol. The molecule has 3 heterocycles. The van der Waals surface area contributed by atoms with Crippen molar-refractivity contribution in [3.05, 3.63) is 22.5 Å². The summed E-state index contributed by atoms with van der Waals surface area (Å²) in [5.41, 5.74) is 1.29. The highest BCUT2D eigenvalue weighted by Gasteiger charge is 2.52. The van der Waals surface area contributed by atoms with Crippen molar-refractivity contribution in [2.24, 2.45) is 11.3 Å². The molecule has 2 aliphatic heterocycles. The van der Waals surface area contributed by atoms with Gasteiger partial charge in [-0.3, -0.25) is 24.0 Å². The van der Waals surface area contributed by atoms with Crippen LogP contribution < -0.4 is 10.6 Å². The molecule has 238 valence electrons. The fraction of sp³-hybridized carbons (Fsp3) is 0.719. The molecule has 0 bridgehead atoms. The van der Waals surface area contributed by atoms with Crippen molar-refractivity contribution in [3.8, 4) is 0 Å². The molecule has 43 heavy (non-hydrogen) atoms. The maximum absolute atomic E-state index is 14.3. The zero-order valence-corrected chi connectivity index (χ0v) is 28.3. The number of amides is 3. The molecule has 3 amide bonds. The number of H-pyrrole nitrogens is 1. The number of hydrogen-bond acceptors (Lipinski definition) is 7. The first-order valence-electron chi connectivity index (χ1n) is 15.6. The Hall–Kier alpha value is -2.27. The smallest absolute Gasteiger partial charge is 0.269 e. The predicted octanol–water partition coefficient (Wildman–Crippen LogP) is 4.80. The van der Waals surface area contributed by atoms with Gasteiger partial charge in [0.25, 0.3) is 5.91 Å². The first-order chi connectivity index (χ1) is 20.1. The highest BCUT2D eigenvalue weighted by Crippen LogP contribution is 2.50.